The molecule has 0 radical (unpaired) electrons. The Hall–Kier alpha value is -4.54. The molecule has 3 aromatic carbocycles. The highest BCUT2D eigenvalue weighted by molar-refractivity contribution is 7.42. The van der Waals surface area contributed by atoms with Gasteiger partial charge in [0.2, 0.25) is 0 Å². The normalized spacial score (nSPS) is 15.3. The fourth-order valence-electron chi connectivity index (χ4n) is 5.59. The molecule has 1 aliphatic rings. The summed E-state index contributed by atoms with van der Waals surface area (Å²) in [4.78, 5) is 0. The van der Waals surface area contributed by atoms with Crippen LogP contribution in [0, 0.1) is 13.8 Å². The van der Waals surface area contributed by atoms with E-state index in [1.165, 1.54) is 0 Å². The van der Waals surface area contributed by atoms with E-state index in [2.05, 4.69) is 82.8 Å². The summed E-state index contributed by atoms with van der Waals surface area (Å²) in [7, 11) is -2.32. The zero-order valence-corrected chi connectivity index (χ0v) is 36.3. The number of benzene rings is 3. The van der Waals surface area contributed by atoms with Gasteiger partial charge in [-0.15, -0.1) is 0 Å². The predicted octanol–water partition coefficient (Wildman–Crippen LogP) is 14.8. The number of allylic oxidation sites excluding steroid dienone is 11. The molecule has 0 heterocycles. The first-order valence-corrected chi connectivity index (χ1v) is 21.3. The maximum absolute atomic E-state index is 6.92. The molecule has 0 saturated heterocycles. The van der Waals surface area contributed by atoms with E-state index >= 15 is 0 Å². The fraction of sp³-hybridized carbons (Fsp3) is 0.319. The van der Waals surface area contributed by atoms with E-state index in [0.29, 0.717) is 28.8 Å². The molecule has 9 heteroatoms. The van der Waals surface area contributed by atoms with E-state index in [9.17, 15) is 0 Å². The number of ether oxygens (including phenoxy) is 1. The second-order valence-electron chi connectivity index (χ2n) is 14.3. The molecule has 4 rings (SSSR count). The van der Waals surface area contributed by atoms with Gasteiger partial charge in [0, 0.05) is 11.1 Å². The van der Waals surface area contributed by atoms with Crippen LogP contribution in [0.5, 0.6) is 23.0 Å². The van der Waals surface area contributed by atoms with Crippen LogP contribution < -0.4 is 18.3 Å². The van der Waals surface area contributed by atoms with Crippen molar-refractivity contribution in [2.75, 3.05) is 13.7 Å². The van der Waals surface area contributed by atoms with E-state index in [1.54, 1.807) is 13.2 Å². The van der Waals surface area contributed by atoms with Gasteiger partial charge >= 0.3 is 17.2 Å². The highest BCUT2D eigenvalue weighted by atomic mass is 31.2. The van der Waals surface area contributed by atoms with Gasteiger partial charge in [-0.3, -0.25) is 4.52 Å². The van der Waals surface area contributed by atoms with Crippen molar-refractivity contribution < 1.29 is 31.9 Å². The molecule has 0 N–H and O–H groups in total. The Balaban J connectivity index is 1.88. The minimum absolute atomic E-state index is 0.177. The summed E-state index contributed by atoms with van der Waals surface area (Å²) in [5.74, 6) is 3.63. The smallest absolute Gasteiger partial charge is 0.493 e. The first kappa shape index (κ1) is 44.2. The molecule has 0 aromatic heterocycles. The summed E-state index contributed by atoms with van der Waals surface area (Å²) in [5, 5.41) is 0. The molecule has 0 bridgehead atoms. The summed E-state index contributed by atoms with van der Waals surface area (Å²) < 4.78 is 45.7. The van der Waals surface area contributed by atoms with Gasteiger partial charge in [0.25, 0.3) is 0 Å². The summed E-state index contributed by atoms with van der Waals surface area (Å²) in [6.07, 6.45) is 23.3. The van der Waals surface area contributed by atoms with Gasteiger partial charge in [0.15, 0.2) is 11.5 Å². The molecule has 1 aliphatic carbocycles. The summed E-state index contributed by atoms with van der Waals surface area (Å²) in [6, 6.07) is 18.0. The van der Waals surface area contributed by atoms with Crippen molar-refractivity contribution in [2.24, 2.45) is 0 Å². The Morgan fingerprint density at radius 3 is 2.38 bits per heavy atom. The van der Waals surface area contributed by atoms with Crippen LogP contribution in [-0.4, -0.2) is 13.7 Å². The number of methoxy groups -OCH3 is 1. The van der Waals surface area contributed by atoms with Crippen molar-refractivity contribution in [1.82, 2.24) is 0 Å². The summed E-state index contributed by atoms with van der Waals surface area (Å²) >= 11 is 0. The lowest BCUT2D eigenvalue weighted by Gasteiger charge is -2.26. The third kappa shape index (κ3) is 13.3. The fourth-order valence-corrected chi connectivity index (χ4v) is 7.71. The van der Waals surface area contributed by atoms with Gasteiger partial charge in [0.1, 0.15) is 23.0 Å². The van der Waals surface area contributed by atoms with Crippen LogP contribution in [0.1, 0.15) is 83.9 Å². The second-order valence-corrected chi connectivity index (χ2v) is 16.3. The highest BCUT2D eigenvalue weighted by Gasteiger charge is 2.29. The maximum Gasteiger partial charge on any atom is 0.530 e. The number of rotatable bonds is 19. The van der Waals surface area contributed by atoms with Crippen LogP contribution in [0.2, 0.25) is 0 Å². The molecule has 2 atom stereocenters. The lowest BCUT2D eigenvalue weighted by Crippen LogP contribution is -2.11. The quantitative estimate of drug-likeness (QED) is 0.0680. The van der Waals surface area contributed by atoms with Crippen LogP contribution >= 0.6 is 17.2 Å². The molecular formula is C47H58O7P2. The van der Waals surface area contributed by atoms with Gasteiger partial charge in [-0.1, -0.05) is 120 Å². The van der Waals surface area contributed by atoms with Gasteiger partial charge < -0.3 is 27.4 Å². The Labute approximate surface area is 338 Å². The standard InChI is InChI=1S/C47H58O7P2/c1-11-14-22-31-49-55(52-43-28-19-17-16-18-26-38(43)23-13-3)53-44-34-39(47(7,8)9)29-30-40(44)41-32-35(4)33-45(48-10)46(41)54-56(50-37(6)25-15-12-2)51-42-27-21-20-24-36(42)5/h11-12,14-16,18,20-22,24-30,32-34H,1,13,17,19,23,31H2,2-10H3/b15-12-,18-16+,22-14-,37-25+,38-26?,43-28?. The molecule has 0 amide bonds. The summed E-state index contributed by atoms with van der Waals surface area (Å²) in [6.45, 7) is 20.6. The Bertz CT molecular complexity index is 1950. The van der Waals surface area contributed by atoms with Gasteiger partial charge in [-0.2, -0.15) is 0 Å². The van der Waals surface area contributed by atoms with Gasteiger partial charge in [-0.05, 0) is 111 Å². The van der Waals surface area contributed by atoms with Crippen LogP contribution in [0.3, 0.4) is 0 Å². The molecule has 56 heavy (non-hydrogen) atoms. The van der Waals surface area contributed by atoms with Crippen LogP contribution in [-0.2, 0) is 19.0 Å². The average Bonchev–Trinajstić information content (AvgIpc) is 3.16. The number of aryl methyl sites for hydroxylation is 2. The largest absolute Gasteiger partial charge is 0.530 e. The van der Waals surface area contributed by atoms with E-state index < -0.39 is 17.2 Å². The van der Waals surface area contributed by atoms with Crippen LogP contribution in [0.15, 0.2) is 139 Å². The molecule has 2 unspecified atom stereocenters. The monoisotopic (exact) mass is 796 g/mol. The SMILES string of the molecule is C=C/C=C\COP(OC1=CCC/C=C/C=C1CCC)Oc1cc(C(C)(C)C)ccc1-c1cc(C)cc(OC)c1OP(O/C(C)=C/C=C\C)Oc1ccccc1C. The first-order chi connectivity index (χ1) is 27.0. The Morgan fingerprint density at radius 2 is 1.66 bits per heavy atom. The predicted molar refractivity (Wildman–Crippen MR) is 234 cm³/mol. The number of hydrogen-bond acceptors (Lipinski definition) is 7. The summed E-state index contributed by atoms with van der Waals surface area (Å²) in [5.41, 5.74) is 5.44. The zero-order chi connectivity index (χ0) is 40.5. The molecule has 3 aromatic rings. The molecular weight excluding hydrogens is 738 g/mol. The topological polar surface area (TPSA) is 64.6 Å². The molecule has 298 valence electrons. The molecule has 0 fully saturated rings. The van der Waals surface area contributed by atoms with Crippen molar-refractivity contribution in [3.8, 4) is 34.1 Å². The lowest BCUT2D eigenvalue weighted by atomic mass is 9.85. The van der Waals surface area contributed by atoms with Crippen LogP contribution in [0.4, 0.5) is 0 Å². The van der Waals surface area contributed by atoms with E-state index in [-0.39, 0.29) is 12.0 Å². The Morgan fingerprint density at radius 1 is 0.875 bits per heavy atom. The molecule has 7 nitrogen and oxygen atoms in total. The van der Waals surface area contributed by atoms with E-state index in [1.807, 2.05) is 88.4 Å². The van der Waals surface area contributed by atoms with Crippen molar-refractivity contribution >= 4 is 17.2 Å². The molecule has 0 spiro atoms. The average molecular weight is 797 g/mol. The molecule has 0 aliphatic heterocycles. The third-order valence-corrected chi connectivity index (χ3v) is 10.7. The molecule has 0 saturated carbocycles. The van der Waals surface area contributed by atoms with Gasteiger partial charge in [-0.25, -0.2) is 0 Å². The lowest BCUT2D eigenvalue weighted by molar-refractivity contribution is 0.263. The van der Waals surface area contributed by atoms with Crippen LogP contribution in [0.25, 0.3) is 11.1 Å². The van der Waals surface area contributed by atoms with Crippen molar-refractivity contribution in [3.63, 3.8) is 0 Å². The Kier molecular flexibility index (Phi) is 17.6. The second kappa shape index (κ2) is 22.3. The highest BCUT2D eigenvalue weighted by Crippen LogP contribution is 2.54. The van der Waals surface area contributed by atoms with E-state index in [4.69, 9.17) is 31.9 Å². The maximum atomic E-state index is 6.92. The van der Waals surface area contributed by atoms with Crippen molar-refractivity contribution in [2.45, 2.75) is 86.5 Å². The minimum Gasteiger partial charge on any atom is -0.493 e. The van der Waals surface area contributed by atoms with Crippen molar-refractivity contribution in [3.05, 3.63) is 156 Å². The number of hydrogen-bond donors (Lipinski definition) is 0. The minimum atomic E-state index is -2.02. The zero-order valence-electron chi connectivity index (χ0n) is 34.5. The van der Waals surface area contributed by atoms with E-state index in [0.717, 1.165) is 64.8 Å². The first-order valence-electron chi connectivity index (χ1n) is 19.1. The third-order valence-electron chi connectivity index (χ3n) is 8.56. The van der Waals surface area contributed by atoms with Crippen molar-refractivity contribution in [1.29, 1.82) is 0 Å². The van der Waals surface area contributed by atoms with Gasteiger partial charge in [0.05, 0.1) is 13.7 Å². The number of para-hydroxylation sites is 1.